The van der Waals surface area contributed by atoms with Gasteiger partial charge in [-0.2, -0.15) is 0 Å². The summed E-state index contributed by atoms with van der Waals surface area (Å²) in [4.78, 5) is 15.2. The average molecular weight is 439 g/mol. The zero-order chi connectivity index (χ0) is 21.4. The van der Waals surface area contributed by atoms with E-state index in [-0.39, 0.29) is 18.6 Å². The van der Waals surface area contributed by atoms with Crippen LogP contribution < -0.4 is 14.8 Å². The van der Waals surface area contributed by atoms with Crippen molar-refractivity contribution in [2.24, 2.45) is 5.92 Å². The van der Waals surface area contributed by atoms with Crippen LogP contribution in [0.25, 0.3) is 11.0 Å². The Labute approximate surface area is 186 Å². The van der Waals surface area contributed by atoms with Crippen LogP contribution >= 0.6 is 12.2 Å². The van der Waals surface area contributed by atoms with Crippen molar-refractivity contribution < 1.29 is 14.3 Å². The van der Waals surface area contributed by atoms with Gasteiger partial charge in [0, 0.05) is 37.3 Å². The molecule has 1 fully saturated rings. The van der Waals surface area contributed by atoms with E-state index in [2.05, 4.69) is 50.5 Å². The highest BCUT2D eigenvalue weighted by Crippen LogP contribution is 2.34. The van der Waals surface area contributed by atoms with Gasteiger partial charge in [-0.15, -0.1) is 0 Å². The van der Waals surface area contributed by atoms with Crippen molar-refractivity contribution in [3.05, 3.63) is 47.2 Å². The van der Waals surface area contributed by atoms with Crippen LogP contribution in [0.3, 0.4) is 0 Å². The number of fused-ring (bicyclic) bond motifs is 2. The molecule has 2 aromatic carbocycles. The Kier molecular flexibility index (Phi) is 5.41. The Balaban J connectivity index is 1.22. The van der Waals surface area contributed by atoms with E-state index in [9.17, 15) is 4.79 Å². The summed E-state index contributed by atoms with van der Waals surface area (Å²) in [5.41, 5.74) is 3.08. The summed E-state index contributed by atoms with van der Waals surface area (Å²) < 4.78 is 16.0. The van der Waals surface area contributed by atoms with Crippen molar-refractivity contribution >= 4 is 34.8 Å². The molecule has 0 radical (unpaired) electrons. The number of aryl methyl sites for hydroxylation is 1. The van der Waals surface area contributed by atoms with E-state index in [1.807, 2.05) is 18.2 Å². The Bertz CT molecular complexity index is 1180. The normalized spacial score (nSPS) is 16.7. The number of aromatic nitrogens is 2. The SMILES string of the molecule is CCn1c(=S)n(CN2CCC(C(=O)Nc3ccc4c(c3)OCO4)CC2)c2ccccc21. The predicted molar refractivity (Wildman–Crippen MR) is 122 cm³/mol. The van der Waals surface area contributed by atoms with Gasteiger partial charge in [0.25, 0.3) is 0 Å². The lowest BCUT2D eigenvalue weighted by atomic mass is 9.96. The molecule has 7 nitrogen and oxygen atoms in total. The first-order valence-corrected chi connectivity index (χ1v) is 11.2. The van der Waals surface area contributed by atoms with Crippen molar-refractivity contribution in [3.63, 3.8) is 0 Å². The zero-order valence-corrected chi connectivity index (χ0v) is 18.4. The number of anilines is 1. The third kappa shape index (κ3) is 3.81. The Morgan fingerprint density at radius 3 is 2.52 bits per heavy atom. The highest BCUT2D eigenvalue weighted by molar-refractivity contribution is 7.71. The number of hydrogen-bond acceptors (Lipinski definition) is 5. The molecule has 1 aromatic heterocycles. The minimum absolute atomic E-state index is 0.00614. The first kappa shape index (κ1) is 20.1. The molecule has 3 heterocycles. The average Bonchev–Trinajstić information content (AvgIpc) is 3.36. The topological polar surface area (TPSA) is 60.7 Å². The number of amides is 1. The van der Waals surface area contributed by atoms with Crippen LogP contribution in [0.15, 0.2) is 42.5 Å². The van der Waals surface area contributed by atoms with Crippen LogP contribution in [0.5, 0.6) is 11.5 Å². The highest BCUT2D eigenvalue weighted by atomic mass is 32.1. The Morgan fingerprint density at radius 2 is 1.77 bits per heavy atom. The number of piperidine rings is 1. The third-order valence-corrected chi connectivity index (χ3v) is 6.62. The van der Waals surface area contributed by atoms with Gasteiger partial charge in [0.2, 0.25) is 12.7 Å². The molecule has 0 aliphatic carbocycles. The molecule has 0 unspecified atom stereocenters. The summed E-state index contributed by atoms with van der Waals surface area (Å²) in [5, 5.41) is 3.03. The first-order chi connectivity index (χ1) is 15.1. The van der Waals surface area contributed by atoms with Gasteiger partial charge in [-0.25, -0.2) is 0 Å². The van der Waals surface area contributed by atoms with Crippen LogP contribution in [0, 0.1) is 10.7 Å². The minimum atomic E-state index is 0.00614. The number of para-hydroxylation sites is 2. The van der Waals surface area contributed by atoms with Crippen molar-refractivity contribution in [3.8, 4) is 11.5 Å². The predicted octanol–water partition coefficient (Wildman–Crippen LogP) is 4.23. The van der Waals surface area contributed by atoms with E-state index in [0.29, 0.717) is 11.5 Å². The van der Waals surface area contributed by atoms with Crippen LogP contribution in [0.4, 0.5) is 5.69 Å². The molecule has 5 rings (SSSR count). The molecule has 1 N–H and O–H groups in total. The summed E-state index contributed by atoms with van der Waals surface area (Å²) in [5.74, 6) is 1.47. The fourth-order valence-electron chi connectivity index (χ4n) is 4.47. The van der Waals surface area contributed by atoms with Crippen molar-refractivity contribution in [1.29, 1.82) is 0 Å². The van der Waals surface area contributed by atoms with Crippen LogP contribution in [-0.4, -0.2) is 39.8 Å². The summed E-state index contributed by atoms with van der Waals surface area (Å²) >= 11 is 5.75. The Hall–Kier alpha value is -2.84. The molecule has 2 aliphatic heterocycles. The smallest absolute Gasteiger partial charge is 0.231 e. The van der Waals surface area contributed by atoms with Crippen LogP contribution in [0.1, 0.15) is 19.8 Å². The van der Waals surface area contributed by atoms with Gasteiger partial charge in [0.15, 0.2) is 16.3 Å². The third-order valence-electron chi connectivity index (χ3n) is 6.18. The fourth-order valence-corrected chi connectivity index (χ4v) is 4.85. The van der Waals surface area contributed by atoms with E-state index in [1.165, 1.54) is 5.52 Å². The number of benzene rings is 2. The fraction of sp³-hybridized carbons (Fsp3) is 0.391. The molecule has 162 valence electrons. The van der Waals surface area contributed by atoms with Gasteiger partial charge in [-0.05, 0) is 56.2 Å². The number of rotatable bonds is 5. The molecule has 0 spiro atoms. The number of ether oxygens (including phenoxy) is 2. The van der Waals surface area contributed by atoms with Gasteiger partial charge in [-0.1, -0.05) is 12.1 Å². The van der Waals surface area contributed by atoms with Crippen molar-refractivity contribution in [1.82, 2.24) is 14.0 Å². The molecule has 31 heavy (non-hydrogen) atoms. The molecule has 3 aromatic rings. The maximum atomic E-state index is 12.8. The molecule has 1 saturated heterocycles. The van der Waals surface area contributed by atoms with Crippen molar-refractivity contribution in [2.75, 3.05) is 25.2 Å². The molecule has 8 heteroatoms. The number of hydrogen-bond donors (Lipinski definition) is 1. The lowest BCUT2D eigenvalue weighted by molar-refractivity contribution is -0.121. The monoisotopic (exact) mass is 438 g/mol. The second-order valence-corrected chi connectivity index (χ2v) is 8.40. The number of imidazole rings is 1. The highest BCUT2D eigenvalue weighted by Gasteiger charge is 2.26. The number of nitrogens with one attached hydrogen (secondary N) is 1. The summed E-state index contributed by atoms with van der Waals surface area (Å²) in [7, 11) is 0. The maximum absolute atomic E-state index is 12.8. The number of carbonyl (C=O) groups excluding carboxylic acids is 1. The summed E-state index contributed by atoms with van der Waals surface area (Å²) in [6, 6.07) is 13.9. The lowest BCUT2D eigenvalue weighted by Gasteiger charge is -2.31. The van der Waals surface area contributed by atoms with Crippen molar-refractivity contribution in [2.45, 2.75) is 33.0 Å². The number of likely N-dealkylation sites (tertiary alicyclic amines) is 1. The molecular formula is C23H26N4O3S. The maximum Gasteiger partial charge on any atom is 0.231 e. The van der Waals surface area contributed by atoms with E-state index >= 15 is 0 Å². The standard InChI is InChI=1S/C23H26N4O3S/c1-2-26-18-5-3-4-6-19(18)27(23(26)31)14-25-11-9-16(10-12-25)22(28)24-17-7-8-20-21(13-17)30-15-29-20/h3-8,13,16H,2,9-12,14-15H2,1H3,(H,24,28). The minimum Gasteiger partial charge on any atom is -0.454 e. The molecular weight excluding hydrogens is 412 g/mol. The van der Waals surface area contributed by atoms with E-state index in [4.69, 9.17) is 21.7 Å². The van der Waals surface area contributed by atoms with E-state index < -0.39 is 0 Å². The van der Waals surface area contributed by atoms with Gasteiger partial charge < -0.3 is 23.9 Å². The van der Waals surface area contributed by atoms with E-state index in [1.54, 1.807) is 0 Å². The zero-order valence-electron chi connectivity index (χ0n) is 17.5. The van der Waals surface area contributed by atoms with Gasteiger partial charge in [0.05, 0.1) is 17.7 Å². The molecule has 0 atom stereocenters. The number of carbonyl (C=O) groups is 1. The quantitative estimate of drug-likeness (QED) is 0.604. The molecule has 2 aliphatic rings. The Morgan fingerprint density at radius 1 is 1.06 bits per heavy atom. The van der Waals surface area contributed by atoms with Gasteiger partial charge in [-0.3, -0.25) is 9.69 Å². The molecule has 1 amide bonds. The summed E-state index contributed by atoms with van der Waals surface area (Å²) in [6.45, 7) is 5.69. The van der Waals surface area contributed by atoms with Gasteiger partial charge >= 0.3 is 0 Å². The summed E-state index contributed by atoms with van der Waals surface area (Å²) in [6.07, 6.45) is 1.66. The van der Waals surface area contributed by atoms with Crippen LogP contribution in [-0.2, 0) is 18.0 Å². The second-order valence-electron chi connectivity index (χ2n) is 8.03. The van der Waals surface area contributed by atoms with E-state index in [0.717, 1.165) is 55.1 Å². The molecule has 0 saturated carbocycles. The lowest BCUT2D eigenvalue weighted by Crippen LogP contribution is -2.39. The largest absolute Gasteiger partial charge is 0.454 e. The second kappa shape index (κ2) is 8.36. The molecule has 0 bridgehead atoms. The van der Waals surface area contributed by atoms with Crippen LogP contribution in [0.2, 0.25) is 0 Å². The van der Waals surface area contributed by atoms with Gasteiger partial charge in [0.1, 0.15) is 0 Å². The first-order valence-electron chi connectivity index (χ1n) is 10.7. The number of nitrogens with zero attached hydrogens (tertiary/aromatic N) is 3.